The van der Waals surface area contributed by atoms with Gasteiger partial charge in [-0.15, -0.1) is 6.58 Å². The fourth-order valence-corrected chi connectivity index (χ4v) is 9.69. The van der Waals surface area contributed by atoms with Crippen LogP contribution in [-0.4, -0.2) is 5.78 Å². The second kappa shape index (κ2) is 16.7. The number of unbranched alkanes of at least 4 members (excludes halogenated alkanes) is 1. The number of hydrogen-bond donors (Lipinski definition) is 0. The van der Waals surface area contributed by atoms with Crippen LogP contribution in [0.4, 0.5) is 0 Å². The van der Waals surface area contributed by atoms with Crippen molar-refractivity contribution in [3.05, 3.63) is 37.0 Å². The molecule has 0 bridgehead atoms. The van der Waals surface area contributed by atoms with Gasteiger partial charge in [-0.05, 0) is 117 Å². The highest BCUT2D eigenvalue weighted by Crippen LogP contribution is 2.65. The Labute approximate surface area is 256 Å². The predicted molar refractivity (Wildman–Crippen MR) is 180 cm³/mol. The Morgan fingerprint density at radius 2 is 1.68 bits per heavy atom. The summed E-state index contributed by atoms with van der Waals surface area (Å²) in [4.78, 5) is 14.4. The lowest BCUT2D eigenvalue weighted by Crippen LogP contribution is -2.29. The number of hydrogen-bond acceptors (Lipinski definition) is 1. The van der Waals surface area contributed by atoms with E-state index in [0.717, 1.165) is 49.9 Å². The molecular formula is C40H68O. The molecule has 0 amide bonds. The van der Waals surface area contributed by atoms with E-state index in [2.05, 4.69) is 54.4 Å². The van der Waals surface area contributed by atoms with Crippen LogP contribution in [0.15, 0.2) is 37.0 Å². The van der Waals surface area contributed by atoms with Gasteiger partial charge in [0, 0.05) is 12.3 Å². The van der Waals surface area contributed by atoms with E-state index >= 15 is 0 Å². The Morgan fingerprint density at radius 1 is 0.951 bits per heavy atom. The first-order chi connectivity index (χ1) is 19.6. The minimum atomic E-state index is 0.212. The number of Topliss-reactive ketones (excluding diaryl/α,β-unsaturated/α-hetero) is 1. The van der Waals surface area contributed by atoms with Gasteiger partial charge in [0.1, 0.15) is 5.78 Å². The maximum absolute atomic E-state index is 14.4. The quantitative estimate of drug-likeness (QED) is 0.106. The van der Waals surface area contributed by atoms with Gasteiger partial charge in [0.2, 0.25) is 0 Å². The molecule has 0 aromatic heterocycles. The van der Waals surface area contributed by atoms with Crippen molar-refractivity contribution in [3.8, 4) is 0 Å². The largest absolute Gasteiger partial charge is 0.299 e. The lowest BCUT2D eigenvalue weighted by Gasteiger charge is -2.32. The third-order valence-corrected chi connectivity index (χ3v) is 12.3. The first kappa shape index (κ1) is 34.4. The molecule has 0 saturated heterocycles. The molecule has 1 nitrogen and oxygen atoms in total. The molecular weight excluding hydrogens is 496 g/mol. The summed E-state index contributed by atoms with van der Waals surface area (Å²) in [6, 6.07) is 0. The third-order valence-electron chi connectivity index (χ3n) is 12.3. The number of rotatable bonds is 20. The summed E-state index contributed by atoms with van der Waals surface area (Å²) >= 11 is 0. The van der Waals surface area contributed by atoms with Crippen molar-refractivity contribution in [3.63, 3.8) is 0 Å². The maximum Gasteiger partial charge on any atom is 0.136 e. The highest BCUT2D eigenvalue weighted by molar-refractivity contribution is 5.82. The summed E-state index contributed by atoms with van der Waals surface area (Å²) in [6.45, 7) is 25.1. The van der Waals surface area contributed by atoms with E-state index in [4.69, 9.17) is 0 Å². The topological polar surface area (TPSA) is 17.1 Å². The summed E-state index contributed by atoms with van der Waals surface area (Å²) in [5.41, 5.74) is 3.20. The molecule has 7 unspecified atom stereocenters. The van der Waals surface area contributed by atoms with Crippen LogP contribution in [0.2, 0.25) is 0 Å². The van der Waals surface area contributed by atoms with E-state index in [-0.39, 0.29) is 5.92 Å². The van der Waals surface area contributed by atoms with Gasteiger partial charge in [0.25, 0.3) is 0 Å². The van der Waals surface area contributed by atoms with E-state index in [1.165, 1.54) is 101 Å². The van der Waals surface area contributed by atoms with Crippen LogP contribution in [0, 0.1) is 52.8 Å². The van der Waals surface area contributed by atoms with Crippen molar-refractivity contribution < 1.29 is 4.79 Å². The van der Waals surface area contributed by atoms with E-state index in [1.54, 1.807) is 0 Å². The molecule has 3 aliphatic carbocycles. The third kappa shape index (κ3) is 9.69. The molecule has 3 aliphatic rings. The molecule has 0 radical (unpaired) electrons. The van der Waals surface area contributed by atoms with E-state index in [1.807, 2.05) is 6.08 Å². The number of carbonyl (C=O) groups excluding carboxylic acids is 1. The van der Waals surface area contributed by atoms with Gasteiger partial charge >= 0.3 is 0 Å². The Kier molecular flexibility index (Phi) is 14.0. The SMILES string of the molecule is C=CCCCC(=C)C(CCC)CCC(CC(=O)C(CC(=C)CC1CCCC1C)C1CCCCC1)C1C(CC)C1(C)C. The minimum Gasteiger partial charge on any atom is -0.299 e. The van der Waals surface area contributed by atoms with Crippen molar-refractivity contribution >= 4 is 5.78 Å². The van der Waals surface area contributed by atoms with Gasteiger partial charge in [0.15, 0.2) is 0 Å². The zero-order chi connectivity index (χ0) is 30.0. The number of ketones is 1. The summed E-state index contributed by atoms with van der Waals surface area (Å²) in [5.74, 6) is 5.61. The molecule has 3 fully saturated rings. The number of allylic oxidation sites excluding steroid dienone is 3. The predicted octanol–water partition coefficient (Wildman–Crippen LogP) is 12.3. The van der Waals surface area contributed by atoms with Crippen molar-refractivity contribution in [2.75, 3.05) is 0 Å². The monoisotopic (exact) mass is 565 g/mol. The molecule has 41 heavy (non-hydrogen) atoms. The molecule has 0 aliphatic heterocycles. The molecule has 0 aromatic rings. The van der Waals surface area contributed by atoms with Crippen molar-refractivity contribution in [1.29, 1.82) is 0 Å². The Bertz CT molecular complexity index is 841. The zero-order valence-electron chi connectivity index (χ0n) is 28.2. The van der Waals surface area contributed by atoms with Crippen LogP contribution in [0.3, 0.4) is 0 Å². The van der Waals surface area contributed by atoms with Crippen molar-refractivity contribution in [2.24, 2.45) is 52.8 Å². The van der Waals surface area contributed by atoms with Crippen LogP contribution >= 0.6 is 0 Å². The van der Waals surface area contributed by atoms with Crippen LogP contribution in [0.5, 0.6) is 0 Å². The Balaban J connectivity index is 1.72. The summed E-state index contributed by atoms with van der Waals surface area (Å²) < 4.78 is 0. The van der Waals surface area contributed by atoms with Crippen LogP contribution < -0.4 is 0 Å². The molecule has 0 spiro atoms. The second-order valence-electron chi connectivity index (χ2n) is 15.5. The van der Waals surface area contributed by atoms with Crippen molar-refractivity contribution in [2.45, 2.75) is 157 Å². The summed E-state index contributed by atoms with van der Waals surface area (Å²) in [6.07, 6.45) is 25.0. The van der Waals surface area contributed by atoms with E-state index in [0.29, 0.717) is 34.9 Å². The zero-order valence-corrected chi connectivity index (χ0v) is 28.2. The van der Waals surface area contributed by atoms with Crippen LogP contribution in [0.1, 0.15) is 157 Å². The van der Waals surface area contributed by atoms with Crippen LogP contribution in [0.25, 0.3) is 0 Å². The van der Waals surface area contributed by atoms with Gasteiger partial charge in [-0.2, -0.15) is 0 Å². The van der Waals surface area contributed by atoms with E-state index in [9.17, 15) is 4.79 Å². The number of carbonyl (C=O) groups is 1. The Morgan fingerprint density at radius 3 is 2.27 bits per heavy atom. The highest BCUT2D eigenvalue weighted by Gasteiger charge is 2.59. The summed E-state index contributed by atoms with van der Waals surface area (Å²) in [5, 5.41) is 0. The first-order valence-corrected chi connectivity index (χ1v) is 18.1. The minimum absolute atomic E-state index is 0.212. The van der Waals surface area contributed by atoms with Gasteiger partial charge < -0.3 is 0 Å². The lowest BCUT2D eigenvalue weighted by molar-refractivity contribution is -0.126. The van der Waals surface area contributed by atoms with Crippen LogP contribution in [-0.2, 0) is 4.79 Å². The average Bonchev–Trinajstić information content (AvgIpc) is 3.28. The average molecular weight is 565 g/mol. The first-order valence-electron chi connectivity index (χ1n) is 18.1. The maximum atomic E-state index is 14.4. The summed E-state index contributed by atoms with van der Waals surface area (Å²) in [7, 11) is 0. The molecule has 3 saturated carbocycles. The van der Waals surface area contributed by atoms with Gasteiger partial charge in [-0.1, -0.05) is 110 Å². The lowest BCUT2D eigenvalue weighted by atomic mass is 9.72. The molecule has 0 aromatic carbocycles. The van der Waals surface area contributed by atoms with Gasteiger partial charge in [-0.25, -0.2) is 0 Å². The van der Waals surface area contributed by atoms with E-state index < -0.39 is 0 Å². The Hall–Kier alpha value is -1.11. The molecule has 3 rings (SSSR count). The molecule has 7 atom stereocenters. The normalized spacial score (nSPS) is 28.1. The molecule has 234 valence electrons. The smallest absolute Gasteiger partial charge is 0.136 e. The van der Waals surface area contributed by atoms with Gasteiger partial charge in [0.05, 0.1) is 0 Å². The molecule has 0 heterocycles. The molecule has 0 N–H and O–H groups in total. The fraction of sp³-hybridized carbons (Fsp3) is 0.825. The standard InChI is InChI=1S/C40H68O/c1-9-12-14-19-30(5)32(18-10-2)24-25-35(39-37(11-3)40(39,7)8)28-38(41)36(33-21-15-13-16-22-33)27-29(4)26-34-23-17-20-31(34)6/h9,31-37,39H,1,4-5,10-28H2,2-3,6-8H3. The van der Waals surface area contributed by atoms with Crippen molar-refractivity contribution in [1.82, 2.24) is 0 Å². The van der Waals surface area contributed by atoms with Gasteiger partial charge in [-0.3, -0.25) is 4.79 Å². The second-order valence-corrected chi connectivity index (χ2v) is 15.5. The fourth-order valence-electron chi connectivity index (χ4n) is 9.69. The highest BCUT2D eigenvalue weighted by atomic mass is 16.1. The molecule has 1 heteroatoms.